The molecule has 0 unspecified atom stereocenters. The zero-order chi connectivity index (χ0) is 39.4. The van der Waals surface area contributed by atoms with Gasteiger partial charge in [-0.3, -0.25) is 0 Å². The van der Waals surface area contributed by atoms with Crippen molar-refractivity contribution in [1.29, 1.82) is 0 Å². The lowest BCUT2D eigenvalue weighted by molar-refractivity contribution is 1.28. The summed E-state index contributed by atoms with van der Waals surface area (Å²) >= 11 is 0. The van der Waals surface area contributed by atoms with E-state index in [9.17, 15) is 0 Å². The normalized spacial score (nSPS) is 11.1. The first-order valence-electron chi connectivity index (χ1n) is 20.2. The Morgan fingerprint density at radius 1 is 0.203 bits per heavy atom. The summed E-state index contributed by atoms with van der Waals surface area (Å²) in [5, 5.41) is 2.51. The van der Waals surface area contributed by atoms with Crippen molar-refractivity contribution in [2.24, 2.45) is 0 Å². The van der Waals surface area contributed by atoms with Gasteiger partial charge in [0.1, 0.15) is 0 Å². The van der Waals surface area contributed by atoms with E-state index in [1.165, 1.54) is 77.5 Å². The molecule has 0 radical (unpaired) electrons. The molecule has 0 atom stereocenters. The Morgan fingerprint density at radius 2 is 0.576 bits per heavy atom. The van der Waals surface area contributed by atoms with E-state index in [1.54, 1.807) is 0 Å². The maximum absolute atomic E-state index is 2.39. The zero-order valence-electron chi connectivity index (χ0n) is 32.6. The largest absolute Gasteiger partial charge is 0.310 e. The fourth-order valence-electron chi connectivity index (χ4n) is 8.20. The summed E-state index contributed by atoms with van der Waals surface area (Å²) in [7, 11) is 0. The number of rotatable bonds is 9. The van der Waals surface area contributed by atoms with Crippen LogP contribution >= 0.6 is 0 Å². The predicted octanol–water partition coefficient (Wildman–Crippen LogP) is 16.3. The lowest BCUT2D eigenvalue weighted by atomic mass is 9.93. The van der Waals surface area contributed by atoms with Gasteiger partial charge in [0, 0.05) is 16.9 Å². The van der Waals surface area contributed by atoms with Crippen LogP contribution in [0.1, 0.15) is 0 Å². The van der Waals surface area contributed by atoms with Crippen molar-refractivity contribution >= 4 is 27.8 Å². The van der Waals surface area contributed by atoms with Crippen molar-refractivity contribution < 1.29 is 0 Å². The first-order valence-corrected chi connectivity index (χ1v) is 20.2. The van der Waals surface area contributed by atoms with Crippen molar-refractivity contribution in [1.82, 2.24) is 0 Å². The summed E-state index contributed by atoms with van der Waals surface area (Å²) in [5.74, 6) is 0. The maximum atomic E-state index is 2.39. The van der Waals surface area contributed by atoms with Crippen molar-refractivity contribution in [3.05, 3.63) is 249 Å². The van der Waals surface area contributed by atoms with Crippen LogP contribution in [-0.4, -0.2) is 0 Å². The summed E-state index contributed by atoms with van der Waals surface area (Å²) in [6.07, 6.45) is 0. The third-order valence-electron chi connectivity index (χ3n) is 11.2. The highest BCUT2D eigenvalue weighted by atomic mass is 15.1. The van der Waals surface area contributed by atoms with Crippen molar-refractivity contribution in [2.75, 3.05) is 4.90 Å². The molecule has 0 aliphatic rings. The van der Waals surface area contributed by atoms with Crippen LogP contribution in [0, 0.1) is 0 Å². The van der Waals surface area contributed by atoms with Crippen molar-refractivity contribution in [2.45, 2.75) is 0 Å². The van der Waals surface area contributed by atoms with E-state index >= 15 is 0 Å². The van der Waals surface area contributed by atoms with Crippen LogP contribution in [0.2, 0.25) is 0 Å². The predicted molar refractivity (Wildman–Crippen MR) is 251 cm³/mol. The number of fused-ring (bicyclic) bond motifs is 1. The second-order valence-corrected chi connectivity index (χ2v) is 15.0. The molecule has 0 aliphatic carbocycles. The molecule has 10 aromatic carbocycles. The lowest BCUT2D eigenvalue weighted by Crippen LogP contribution is -2.11. The Morgan fingerprint density at radius 3 is 1.15 bits per heavy atom. The van der Waals surface area contributed by atoms with Gasteiger partial charge in [0.25, 0.3) is 0 Å². The summed E-state index contributed by atoms with van der Waals surface area (Å²) in [5.41, 5.74) is 17.6. The molecular formula is C58H41N. The van der Waals surface area contributed by atoms with E-state index < -0.39 is 0 Å². The number of hydrogen-bond donors (Lipinski definition) is 0. The van der Waals surface area contributed by atoms with Crippen LogP contribution in [0.5, 0.6) is 0 Å². The smallest absolute Gasteiger partial charge is 0.0540 e. The van der Waals surface area contributed by atoms with Gasteiger partial charge in [-0.05, 0) is 133 Å². The van der Waals surface area contributed by atoms with Gasteiger partial charge >= 0.3 is 0 Å². The van der Waals surface area contributed by atoms with Gasteiger partial charge in [0.2, 0.25) is 0 Å². The molecule has 0 spiro atoms. The average Bonchev–Trinajstić information content (AvgIpc) is 3.33. The molecule has 10 aromatic rings. The van der Waals surface area contributed by atoms with Crippen LogP contribution in [0.15, 0.2) is 249 Å². The van der Waals surface area contributed by atoms with E-state index in [1.807, 2.05) is 0 Å². The molecule has 0 fully saturated rings. The first-order chi connectivity index (χ1) is 29.2. The molecule has 0 aromatic heterocycles. The fourth-order valence-corrected chi connectivity index (χ4v) is 8.20. The van der Waals surface area contributed by atoms with Crippen LogP contribution in [0.4, 0.5) is 17.1 Å². The summed E-state index contributed by atoms with van der Waals surface area (Å²) in [6.45, 7) is 0. The van der Waals surface area contributed by atoms with Gasteiger partial charge < -0.3 is 4.90 Å². The van der Waals surface area contributed by atoms with Gasteiger partial charge in [0.05, 0.1) is 5.69 Å². The molecule has 10 rings (SSSR count). The third kappa shape index (κ3) is 7.46. The van der Waals surface area contributed by atoms with E-state index in [-0.39, 0.29) is 0 Å². The molecule has 0 bridgehead atoms. The highest BCUT2D eigenvalue weighted by Gasteiger charge is 2.18. The molecule has 0 heterocycles. The second kappa shape index (κ2) is 16.0. The molecule has 59 heavy (non-hydrogen) atoms. The fraction of sp³-hybridized carbons (Fsp3) is 0. The lowest BCUT2D eigenvalue weighted by Gasteiger charge is -2.28. The molecule has 0 saturated carbocycles. The summed E-state index contributed by atoms with van der Waals surface area (Å²) in [4.78, 5) is 2.39. The number of para-hydroxylation sites is 1. The molecule has 0 amide bonds. The third-order valence-corrected chi connectivity index (χ3v) is 11.2. The molecule has 0 N–H and O–H groups in total. The molecule has 1 nitrogen and oxygen atoms in total. The average molecular weight is 752 g/mol. The van der Waals surface area contributed by atoms with E-state index in [2.05, 4.69) is 254 Å². The highest BCUT2D eigenvalue weighted by molar-refractivity contribution is 5.91. The minimum absolute atomic E-state index is 1.09. The van der Waals surface area contributed by atoms with Crippen LogP contribution < -0.4 is 4.90 Å². The molecular weight excluding hydrogens is 711 g/mol. The number of benzene rings is 10. The van der Waals surface area contributed by atoms with Gasteiger partial charge in [-0.2, -0.15) is 0 Å². The van der Waals surface area contributed by atoms with Crippen LogP contribution in [0.3, 0.4) is 0 Å². The van der Waals surface area contributed by atoms with Gasteiger partial charge in [-0.25, -0.2) is 0 Å². The Kier molecular flexibility index (Phi) is 9.68. The van der Waals surface area contributed by atoms with E-state index in [0.717, 1.165) is 17.1 Å². The van der Waals surface area contributed by atoms with E-state index in [0.29, 0.717) is 0 Å². The maximum Gasteiger partial charge on any atom is 0.0540 e. The Bertz CT molecular complexity index is 2950. The Labute approximate surface area is 346 Å². The minimum Gasteiger partial charge on any atom is -0.310 e. The molecule has 0 saturated heterocycles. The zero-order valence-corrected chi connectivity index (χ0v) is 32.6. The standard InChI is InChI=1S/C58H41N/c1-4-15-42(16-5-1)52-39-53(43-17-6-2-7-18-43)41-54(40-52)46-31-35-56(36-32-46)59(58-26-13-12-25-57(58)47-20-8-3-9-21-47)55-33-29-45(30-34-55)49-23-14-24-50(37-49)51-28-27-44-19-10-11-22-48(44)38-51/h1-41H. The van der Waals surface area contributed by atoms with Gasteiger partial charge in [-0.1, -0.05) is 188 Å². The number of anilines is 3. The molecule has 278 valence electrons. The Balaban J connectivity index is 1.04. The van der Waals surface area contributed by atoms with Crippen LogP contribution in [0.25, 0.3) is 77.5 Å². The summed E-state index contributed by atoms with van der Waals surface area (Å²) < 4.78 is 0. The SMILES string of the molecule is c1ccc(-c2cc(-c3ccccc3)cc(-c3ccc(N(c4ccc(-c5cccc(-c6ccc7ccccc7c6)c5)cc4)c4ccccc4-c4ccccc4)cc3)c2)cc1. The van der Waals surface area contributed by atoms with Gasteiger partial charge in [-0.15, -0.1) is 0 Å². The number of nitrogens with zero attached hydrogens (tertiary/aromatic N) is 1. The molecule has 1 heteroatoms. The topological polar surface area (TPSA) is 3.24 Å². The minimum atomic E-state index is 1.09. The monoisotopic (exact) mass is 751 g/mol. The second-order valence-electron chi connectivity index (χ2n) is 15.0. The molecule has 0 aliphatic heterocycles. The first kappa shape index (κ1) is 35.7. The van der Waals surface area contributed by atoms with Gasteiger partial charge in [0.15, 0.2) is 0 Å². The quantitative estimate of drug-likeness (QED) is 0.142. The van der Waals surface area contributed by atoms with Crippen molar-refractivity contribution in [3.8, 4) is 66.8 Å². The van der Waals surface area contributed by atoms with Crippen molar-refractivity contribution in [3.63, 3.8) is 0 Å². The summed E-state index contributed by atoms with van der Waals surface area (Å²) in [6, 6.07) is 89.8. The Hall–Kier alpha value is -7.74. The highest BCUT2D eigenvalue weighted by Crippen LogP contribution is 2.42. The van der Waals surface area contributed by atoms with Crippen LogP contribution in [-0.2, 0) is 0 Å². The number of hydrogen-bond acceptors (Lipinski definition) is 1. The van der Waals surface area contributed by atoms with E-state index in [4.69, 9.17) is 0 Å².